The van der Waals surface area contributed by atoms with E-state index >= 15 is 0 Å². The standard InChI is InChI=1S/C18H22N2O6/c1-4-24-15(21)14-13(12-10-8-7-9-11-12)18(20-19-14,16(22)25-5-2)17(23)26-6-3/h7-11,13,20H,4-6H2,1-3H3/t13-/m1/s1. The maximum absolute atomic E-state index is 12.8. The first kappa shape index (κ1) is 19.4. The number of carbonyl (C=O) groups excluding carboxylic acids is 3. The second-order valence-corrected chi connectivity index (χ2v) is 5.42. The van der Waals surface area contributed by atoms with E-state index in [1.54, 1.807) is 51.1 Å². The molecule has 2 rings (SSSR count). The lowest BCUT2D eigenvalue weighted by Crippen LogP contribution is -2.60. The molecule has 8 nitrogen and oxygen atoms in total. The van der Waals surface area contributed by atoms with Gasteiger partial charge in [-0.25, -0.2) is 14.4 Å². The summed E-state index contributed by atoms with van der Waals surface area (Å²) in [6.45, 7) is 5.13. The van der Waals surface area contributed by atoms with Crippen LogP contribution >= 0.6 is 0 Å². The predicted molar refractivity (Wildman–Crippen MR) is 92.4 cm³/mol. The van der Waals surface area contributed by atoms with Crippen LogP contribution in [0.1, 0.15) is 32.3 Å². The fraction of sp³-hybridized carbons (Fsp3) is 0.444. The maximum Gasteiger partial charge on any atom is 0.355 e. The molecule has 140 valence electrons. The number of benzene rings is 1. The zero-order valence-electron chi connectivity index (χ0n) is 15.0. The number of rotatable bonds is 7. The lowest BCUT2D eigenvalue weighted by molar-refractivity contribution is -0.166. The number of hydrogen-bond acceptors (Lipinski definition) is 8. The van der Waals surface area contributed by atoms with E-state index in [9.17, 15) is 14.4 Å². The first-order chi connectivity index (χ1) is 12.5. The highest BCUT2D eigenvalue weighted by Gasteiger charge is 2.62. The second kappa shape index (κ2) is 8.46. The van der Waals surface area contributed by atoms with E-state index in [4.69, 9.17) is 14.2 Å². The molecular formula is C18H22N2O6. The van der Waals surface area contributed by atoms with E-state index in [2.05, 4.69) is 10.5 Å². The largest absolute Gasteiger partial charge is 0.464 e. The highest BCUT2D eigenvalue weighted by molar-refractivity contribution is 6.41. The molecule has 0 saturated carbocycles. The number of carbonyl (C=O) groups is 3. The predicted octanol–water partition coefficient (Wildman–Crippen LogP) is 1.16. The molecule has 26 heavy (non-hydrogen) atoms. The van der Waals surface area contributed by atoms with Crippen LogP contribution in [0.15, 0.2) is 35.4 Å². The number of hydrazone groups is 1. The van der Waals surface area contributed by atoms with Gasteiger partial charge in [0.15, 0.2) is 5.71 Å². The zero-order chi connectivity index (χ0) is 19.2. The zero-order valence-corrected chi connectivity index (χ0v) is 15.0. The van der Waals surface area contributed by atoms with Crippen molar-refractivity contribution in [2.75, 3.05) is 19.8 Å². The van der Waals surface area contributed by atoms with E-state index in [1.165, 1.54) is 0 Å². The molecule has 0 fully saturated rings. The average molecular weight is 362 g/mol. The monoisotopic (exact) mass is 362 g/mol. The van der Waals surface area contributed by atoms with Gasteiger partial charge in [0.2, 0.25) is 0 Å². The smallest absolute Gasteiger partial charge is 0.355 e. The van der Waals surface area contributed by atoms with Crippen LogP contribution in [0.2, 0.25) is 0 Å². The molecule has 1 heterocycles. The normalized spacial score (nSPS) is 17.7. The van der Waals surface area contributed by atoms with Crippen molar-refractivity contribution >= 4 is 23.6 Å². The van der Waals surface area contributed by atoms with Crippen LogP contribution in [0.4, 0.5) is 0 Å². The molecule has 0 aliphatic carbocycles. The van der Waals surface area contributed by atoms with E-state index in [0.717, 1.165) is 0 Å². The van der Waals surface area contributed by atoms with E-state index in [0.29, 0.717) is 5.56 Å². The quantitative estimate of drug-likeness (QED) is 0.441. The molecular weight excluding hydrogens is 340 g/mol. The van der Waals surface area contributed by atoms with Crippen LogP contribution in [0.25, 0.3) is 0 Å². The van der Waals surface area contributed by atoms with Gasteiger partial charge >= 0.3 is 17.9 Å². The van der Waals surface area contributed by atoms with Gasteiger partial charge in [-0.2, -0.15) is 5.10 Å². The third kappa shape index (κ3) is 3.40. The van der Waals surface area contributed by atoms with Gasteiger partial charge in [0.25, 0.3) is 5.54 Å². The Morgan fingerprint density at radius 1 is 0.962 bits per heavy atom. The van der Waals surface area contributed by atoms with Crippen LogP contribution < -0.4 is 5.43 Å². The van der Waals surface area contributed by atoms with Gasteiger partial charge in [-0.3, -0.25) is 5.43 Å². The molecule has 1 aromatic rings. The Morgan fingerprint density at radius 2 is 1.50 bits per heavy atom. The average Bonchev–Trinajstić information content (AvgIpc) is 3.05. The summed E-state index contributed by atoms with van der Waals surface area (Å²) >= 11 is 0. The van der Waals surface area contributed by atoms with E-state index in [-0.39, 0.29) is 25.5 Å². The molecule has 0 unspecified atom stereocenters. The summed E-state index contributed by atoms with van der Waals surface area (Å²) in [5, 5.41) is 3.96. The lowest BCUT2D eigenvalue weighted by atomic mass is 9.77. The van der Waals surface area contributed by atoms with Gasteiger partial charge in [-0.15, -0.1) is 0 Å². The van der Waals surface area contributed by atoms with Gasteiger partial charge in [-0.1, -0.05) is 30.3 Å². The Bertz CT molecular complexity index is 683. The number of nitrogens with zero attached hydrogens (tertiary/aromatic N) is 1. The Morgan fingerprint density at radius 3 is 2.00 bits per heavy atom. The van der Waals surface area contributed by atoms with Gasteiger partial charge < -0.3 is 14.2 Å². The van der Waals surface area contributed by atoms with Crippen LogP contribution in [0, 0.1) is 0 Å². The number of ether oxygens (including phenoxy) is 3. The number of nitrogens with one attached hydrogen (secondary N) is 1. The van der Waals surface area contributed by atoms with Crippen LogP contribution in [-0.2, 0) is 28.6 Å². The molecule has 8 heteroatoms. The van der Waals surface area contributed by atoms with Crippen LogP contribution in [0.3, 0.4) is 0 Å². The maximum atomic E-state index is 12.8. The first-order valence-electron chi connectivity index (χ1n) is 8.44. The van der Waals surface area contributed by atoms with Crippen molar-refractivity contribution in [1.82, 2.24) is 5.43 Å². The molecule has 1 aliphatic heterocycles. The Balaban J connectivity index is 2.60. The van der Waals surface area contributed by atoms with Crippen molar-refractivity contribution in [2.45, 2.75) is 32.2 Å². The number of esters is 3. The summed E-state index contributed by atoms with van der Waals surface area (Å²) < 4.78 is 15.3. The van der Waals surface area contributed by atoms with Crippen molar-refractivity contribution in [3.05, 3.63) is 35.9 Å². The highest BCUT2D eigenvalue weighted by Crippen LogP contribution is 2.37. The van der Waals surface area contributed by atoms with Crippen molar-refractivity contribution < 1.29 is 28.6 Å². The van der Waals surface area contributed by atoms with Gasteiger partial charge in [-0.05, 0) is 26.3 Å². The fourth-order valence-electron chi connectivity index (χ4n) is 2.80. The summed E-state index contributed by atoms with van der Waals surface area (Å²) in [6.07, 6.45) is 0. The van der Waals surface area contributed by atoms with Crippen molar-refractivity contribution in [3.8, 4) is 0 Å². The molecule has 0 bridgehead atoms. The minimum atomic E-state index is -1.99. The summed E-state index contributed by atoms with van der Waals surface area (Å²) in [5.74, 6) is -3.49. The SMILES string of the molecule is CCOC(=O)C1=NNC(C(=O)OCC)(C(=O)OCC)[C@@H]1c1ccccc1. The molecule has 0 aromatic heterocycles. The third-order valence-electron chi connectivity index (χ3n) is 3.87. The van der Waals surface area contributed by atoms with Crippen molar-refractivity contribution in [3.63, 3.8) is 0 Å². The van der Waals surface area contributed by atoms with Crippen molar-refractivity contribution in [2.24, 2.45) is 5.10 Å². The summed E-state index contributed by atoms with van der Waals surface area (Å²) in [7, 11) is 0. The molecule has 0 spiro atoms. The Hall–Kier alpha value is -2.90. The minimum absolute atomic E-state index is 0.0535. The second-order valence-electron chi connectivity index (χ2n) is 5.42. The summed E-state index contributed by atoms with van der Waals surface area (Å²) in [5.41, 5.74) is 0.973. The minimum Gasteiger partial charge on any atom is -0.464 e. The molecule has 0 radical (unpaired) electrons. The molecule has 0 amide bonds. The fourth-order valence-corrected chi connectivity index (χ4v) is 2.80. The Labute approximate surface area is 151 Å². The number of hydrogen-bond donors (Lipinski definition) is 1. The van der Waals surface area contributed by atoms with Gasteiger partial charge in [0, 0.05) is 0 Å². The molecule has 1 aliphatic rings. The summed E-state index contributed by atoms with van der Waals surface area (Å²) in [6, 6.07) is 8.64. The van der Waals surface area contributed by atoms with Gasteiger partial charge in [0.1, 0.15) is 0 Å². The lowest BCUT2D eigenvalue weighted by Gasteiger charge is -2.30. The first-order valence-corrected chi connectivity index (χ1v) is 8.44. The third-order valence-corrected chi connectivity index (χ3v) is 3.87. The van der Waals surface area contributed by atoms with Crippen molar-refractivity contribution in [1.29, 1.82) is 0 Å². The van der Waals surface area contributed by atoms with Crippen LogP contribution in [-0.4, -0.2) is 49.0 Å². The van der Waals surface area contributed by atoms with E-state index in [1.807, 2.05) is 0 Å². The van der Waals surface area contributed by atoms with Gasteiger partial charge in [0.05, 0.1) is 25.7 Å². The topological polar surface area (TPSA) is 103 Å². The van der Waals surface area contributed by atoms with E-state index < -0.39 is 29.4 Å². The molecule has 1 atom stereocenters. The molecule has 0 saturated heterocycles. The summed E-state index contributed by atoms with van der Waals surface area (Å²) in [4.78, 5) is 37.9. The molecule has 1 N–H and O–H groups in total. The highest BCUT2D eigenvalue weighted by atomic mass is 16.6. The Kier molecular flexibility index (Phi) is 6.32. The molecule has 1 aromatic carbocycles. The van der Waals surface area contributed by atoms with Crippen LogP contribution in [0.5, 0.6) is 0 Å².